The molecule has 1 heterocycles. The van der Waals surface area contributed by atoms with Crippen molar-refractivity contribution in [2.75, 3.05) is 0 Å². The number of alkyl halides is 3. The van der Waals surface area contributed by atoms with Crippen molar-refractivity contribution in [2.24, 2.45) is 5.73 Å². The Balaban J connectivity index is 0.000000399. The van der Waals surface area contributed by atoms with E-state index in [1.54, 1.807) is 6.92 Å². The van der Waals surface area contributed by atoms with E-state index in [2.05, 4.69) is 5.10 Å². The second-order valence-electron chi connectivity index (χ2n) is 3.41. The molecule has 8 nitrogen and oxygen atoms in total. The molecule has 0 saturated carbocycles. The van der Waals surface area contributed by atoms with E-state index < -0.39 is 17.1 Å². The van der Waals surface area contributed by atoms with Gasteiger partial charge in [-0.2, -0.15) is 13.2 Å². The molecular formula is C8H11F3N4O4. The zero-order chi connectivity index (χ0) is 15.2. The molecule has 0 fully saturated rings. The lowest BCUT2D eigenvalue weighted by Crippen LogP contribution is -2.23. The number of hydrogen-bond acceptors (Lipinski definition) is 5. The average Bonchev–Trinajstić information content (AvgIpc) is 2.64. The Morgan fingerprint density at radius 2 is 2.16 bits per heavy atom. The van der Waals surface area contributed by atoms with E-state index in [4.69, 9.17) is 15.6 Å². The van der Waals surface area contributed by atoms with Crippen molar-refractivity contribution >= 4 is 11.8 Å². The Morgan fingerprint density at radius 3 is 2.47 bits per heavy atom. The van der Waals surface area contributed by atoms with Gasteiger partial charge in [0.15, 0.2) is 0 Å². The summed E-state index contributed by atoms with van der Waals surface area (Å²) in [5, 5.41) is 21.3. The molecular weight excluding hydrogens is 273 g/mol. The van der Waals surface area contributed by atoms with E-state index in [1.165, 1.54) is 16.9 Å². The molecule has 11 heteroatoms. The Hall–Kier alpha value is -2.17. The average molecular weight is 284 g/mol. The van der Waals surface area contributed by atoms with Crippen LogP contribution in [0.5, 0.6) is 0 Å². The summed E-state index contributed by atoms with van der Waals surface area (Å²) in [4.78, 5) is 18.8. The summed E-state index contributed by atoms with van der Waals surface area (Å²) in [6.45, 7) is 2.13. The number of rotatable bonds is 3. The van der Waals surface area contributed by atoms with Crippen LogP contribution in [0.3, 0.4) is 0 Å². The first-order valence-corrected chi connectivity index (χ1v) is 4.77. The van der Waals surface area contributed by atoms with Gasteiger partial charge < -0.3 is 21.0 Å². The summed E-state index contributed by atoms with van der Waals surface area (Å²) in [6, 6.07) is 1.21. The van der Waals surface area contributed by atoms with Crippen molar-refractivity contribution in [3.63, 3.8) is 0 Å². The van der Waals surface area contributed by atoms with Crippen molar-refractivity contribution < 1.29 is 28.0 Å². The number of aliphatic carboxylic acids is 1. The molecule has 19 heavy (non-hydrogen) atoms. The number of hydrogen-bond donors (Lipinski definition) is 2. The number of aromatic nitrogens is 2. The normalized spacial score (nSPS) is 12.3. The van der Waals surface area contributed by atoms with Crippen LogP contribution in [0.1, 0.15) is 6.92 Å². The van der Waals surface area contributed by atoms with E-state index in [0.29, 0.717) is 6.54 Å². The standard InChI is InChI=1S/C6H10N4O2.C2HF3O2/c1-5(7)4-9-6(10(11)12)2-3-8-9;3-2(4,5)1(6)7/h2-3,5H,4,7H2,1H3;(H,6,7). The summed E-state index contributed by atoms with van der Waals surface area (Å²) in [5.74, 6) is -2.78. The first kappa shape index (κ1) is 16.8. The number of nitrogens with two attached hydrogens (primary N) is 1. The van der Waals surface area contributed by atoms with Gasteiger partial charge >= 0.3 is 18.0 Å². The van der Waals surface area contributed by atoms with Gasteiger partial charge in [0.2, 0.25) is 0 Å². The van der Waals surface area contributed by atoms with Crippen molar-refractivity contribution in [2.45, 2.75) is 25.7 Å². The van der Waals surface area contributed by atoms with Crippen LogP contribution in [-0.2, 0) is 11.3 Å². The molecule has 1 rings (SSSR count). The highest BCUT2D eigenvalue weighted by molar-refractivity contribution is 5.73. The molecule has 1 aromatic rings. The second kappa shape index (κ2) is 6.68. The van der Waals surface area contributed by atoms with Gasteiger partial charge in [0.05, 0.1) is 12.3 Å². The molecule has 1 unspecified atom stereocenters. The lowest BCUT2D eigenvalue weighted by Gasteiger charge is -2.01. The van der Waals surface area contributed by atoms with Gasteiger partial charge in [-0.25, -0.2) is 4.79 Å². The molecule has 0 spiro atoms. The van der Waals surface area contributed by atoms with Crippen LogP contribution in [0.25, 0.3) is 0 Å². The molecule has 0 aliphatic heterocycles. The fourth-order valence-electron chi connectivity index (χ4n) is 0.894. The predicted molar refractivity (Wildman–Crippen MR) is 56.2 cm³/mol. The number of carbonyl (C=O) groups is 1. The fraction of sp³-hybridized carbons (Fsp3) is 0.500. The fourth-order valence-corrected chi connectivity index (χ4v) is 0.894. The van der Waals surface area contributed by atoms with E-state index in [-0.39, 0.29) is 11.9 Å². The van der Waals surface area contributed by atoms with Crippen LogP contribution < -0.4 is 5.73 Å². The Labute approximate surface area is 104 Å². The Kier molecular flexibility index (Phi) is 5.92. The molecule has 0 aliphatic rings. The summed E-state index contributed by atoms with van der Waals surface area (Å²) >= 11 is 0. The molecule has 108 valence electrons. The third-order valence-corrected chi connectivity index (χ3v) is 1.58. The first-order chi connectivity index (χ1) is 8.55. The molecule has 0 aliphatic carbocycles. The first-order valence-electron chi connectivity index (χ1n) is 4.77. The quantitative estimate of drug-likeness (QED) is 0.624. The van der Waals surface area contributed by atoms with E-state index >= 15 is 0 Å². The van der Waals surface area contributed by atoms with E-state index in [1.807, 2.05) is 0 Å². The predicted octanol–water partition coefficient (Wildman–Crippen LogP) is 0.772. The highest BCUT2D eigenvalue weighted by Gasteiger charge is 2.38. The topological polar surface area (TPSA) is 124 Å². The number of nitrogens with zero attached hydrogens (tertiary/aromatic N) is 3. The molecule has 0 aromatic carbocycles. The van der Waals surface area contributed by atoms with Gasteiger partial charge in [0.1, 0.15) is 6.54 Å². The van der Waals surface area contributed by atoms with Gasteiger partial charge in [-0.05, 0) is 11.8 Å². The van der Waals surface area contributed by atoms with Gasteiger partial charge in [-0.1, -0.05) is 5.10 Å². The number of carboxylic acid groups (broad SMARTS) is 1. The summed E-state index contributed by atoms with van der Waals surface area (Å²) in [5.41, 5.74) is 5.47. The van der Waals surface area contributed by atoms with Gasteiger partial charge in [-0.3, -0.25) is 0 Å². The molecule has 0 radical (unpaired) electrons. The maximum atomic E-state index is 10.6. The van der Waals surface area contributed by atoms with Gasteiger partial charge in [0.25, 0.3) is 0 Å². The highest BCUT2D eigenvalue weighted by atomic mass is 19.4. The molecule has 1 atom stereocenters. The molecule has 0 amide bonds. The molecule has 1 aromatic heterocycles. The van der Waals surface area contributed by atoms with Crippen molar-refractivity contribution in [3.05, 3.63) is 22.4 Å². The highest BCUT2D eigenvalue weighted by Crippen LogP contribution is 2.13. The summed E-state index contributed by atoms with van der Waals surface area (Å²) < 4.78 is 33.0. The lowest BCUT2D eigenvalue weighted by molar-refractivity contribution is -0.392. The van der Waals surface area contributed by atoms with Crippen LogP contribution in [0.2, 0.25) is 0 Å². The number of nitro groups is 1. The minimum Gasteiger partial charge on any atom is -0.475 e. The maximum Gasteiger partial charge on any atom is 0.490 e. The Morgan fingerprint density at radius 1 is 1.68 bits per heavy atom. The van der Waals surface area contributed by atoms with Crippen LogP contribution in [0.15, 0.2) is 12.3 Å². The van der Waals surface area contributed by atoms with Gasteiger partial charge in [-0.15, -0.1) is 4.68 Å². The number of halogens is 3. The van der Waals surface area contributed by atoms with Crippen molar-refractivity contribution in [1.82, 2.24) is 9.78 Å². The van der Waals surface area contributed by atoms with Crippen LogP contribution in [0, 0.1) is 10.1 Å². The maximum absolute atomic E-state index is 10.6. The van der Waals surface area contributed by atoms with E-state index in [0.717, 1.165) is 0 Å². The van der Waals surface area contributed by atoms with Crippen LogP contribution in [0.4, 0.5) is 19.0 Å². The third kappa shape index (κ3) is 6.35. The summed E-state index contributed by atoms with van der Waals surface area (Å²) in [7, 11) is 0. The third-order valence-electron chi connectivity index (χ3n) is 1.58. The zero-order valence-corrected chi connectivity index (χ0v) is 9.66. The molecule has 0 saturated heterocycles. The minimum atomic E-state index is -5.08. The molecule has 0 bridgehead atoms. The smallest absolute Gasteiger partial charge is 0.475 e. The van der Waals surface area contributed by atoms with E-state index in [9.17, 15) is 23.3 Å². The Bertz CT molecular complexity index is 443. The van der Waals surface area contributed by atoms with Crippen molar-refractivity contribution in [1.29, 1.82) is 0 Å². The molecule has 3 N–H and O–H groups in total. The zero-order valence-electron chi connectivity index (χ0n) is 9.66. The minimum absolute atomic E-state index is 0.0210. The number of carboxylic acids is 1. The van der Waals surface area contributed by atoms with Crippen LogP contribution >= 0.6 is 0 Å². The largest absolute Gasteiger partial charge is 0.490 e. The van der Waals surface area contributed by atoms with Crippen LogP contribution in [-0.4, -0.2) is 38.0 Å². The monoisotopic (exact) mass is 284 g/mol. The van der Waals surface area contributed by atoms with Gasteiger partial charge in [0, 0.05) is 6.04 Å². The second-order valence-corrected chi connectivity index (χ2v) is 3.41. The van der Waals surface area contributed by atoms with Crippen molar-refractivity contribution in [3.8, 4) is 0 Å². The summed E-state index contributed by atoms with van der Waals surface area (Å²) in [6.07, 6.45) is -3.69. The lowest BCUT2D eigenvalue weighted by atomic mass is 10.4. The SMILES string of the molecule is CC(N)Cn1nccc1[N+](=O)[O-].O=C(O)C(F)(F)F.